The van der Waals surface area contributed by atoms with E-state index in [4.69, 9.17) is 15.2 Å². The van der Waals surface area contributed by atoms with E-state index >= 15 is 0 Å². The molecule has 0 spiro atoms. The molecule has 0 amide bonds. The van der Waals surface area contributed by atoms with E-state index in [1.807, 2.05) is 60.7 Å². The maximum atomic E-state index is 5.93. The SMILES string of the molecule is I.NC(=NCC=Cc1ccccc1)Nc1ccc2c(c1)OCCCO2. The smallest absolute Gasteiger partial charge is 0.193 e. The number of aliphatic imine (C=N–C) groups is 1. The second-order valence-corrected chi connectivity index (χ2v) is 5.38. The maximum absolute atomic E-state index is 5.93. The molecule has 0 aromatic heterocycles. The van der Waals surface area contributed by atoms with Crippen LogP contribution in [0.2, 0.25) is 0 Å². The number of fused-ring (bicyclic) bond motifs is 1. The van der Waals surface area contributed by atoms with Crippen LogP contribution in [0.5, 0.6) is 11.5 Å². The third-order valence-electron chi connectivity index (χ3n) is 3.50. The fourth-order valence-electron chi connectivity index (χ4n) is 2.33. The van der Waals surface area contributed by atoms with Crippen molar-refractivity contribution in [3.05, 3.63) is 60.2 Å². The molecule has 0 fully saturated rings. The molecule has 2 aromatic rings. The van der Waals surface area contributed by atoms with Crippen molar-refractivity contribution in [3.63, 3.8) is 0 Å². The number of halogens is 1. The van der Waals surface area contributed by atoms with Crippen molar-refractivity contribution in [2.24, 2.45) is 10.7 Å². The highest BCUT2D eigenvalue weighted by Crippen LogP contribution is 2.32. The van der Waals surface area contributed by atoms with Crippen LogP contribution >= 0.6 is 24.0 Å². The number of hydrogen-bond donors (Lipinski definition) is 2. The summed E-state index contributed by atoms with van der Waals surface area (Å²) in [5.74, 6) is 1.86. The molecule has 0 radical (unpaired) electrons. The lowest BCUT2D eigenvalue weighted by molar-refractivity contribution is 0.297. The van der Waals surface area contributed by atoms with Gasteiger partial charge in [-0.2, -0.15) is 0 Å². The summed E-state index contributed by atoms with van der Waals surface area (Å²) in [5.41, 5.74) is 7.89. The highest BCUT2D eigenvalue weighted by atomic mass is 127. The number of nitrogens with one attached hydrogen (secondary N) is 1. The fourth-order valence-corrected chi connectivity index (χ4v) is 2.33. The van der Waals surface area contributed by atoms with Gasteiger partial charge >= 0.3 is 0 Å². The van der Waals surface area contributed by atoms with E-state index in [0.717, 1.165) is 29.2 Å². The second-order valence-electron chi connectivity index (χ2n) is 5.38. The van der Waals surface area contributed by atoms with Gasteiger partial charge in [0.15, 0.2) is 17.5 Å². The Morgan fingerprint density at radius 2 is 1.84 bits per heavy atom. The minimum atomic E-state index is 0. The fraction of sp³-hybridized carbons (Fsp3) is 0.211. The van der Waals surface area contributed by atoms with Crippen molar-refractivity contribution in [1.29, 1.82) is 0 Å². The Bertz CT molecular complexity index is 733. The molecule has 1 aliphatic rings. The lowest BCUT2D eigenvalue weighted by atomic mass is 10.2. The Hall–Kier alpha value is -2.22. The number of hydrogen-bond acceptors (Lipinski definition) is 3. The number of nitrogens with zero attached hydrogens (tertiary/aromatic N) is 1. The Morgan fingerprint density at radius 3 is 2.64 bits per heavy atom. The van der Waals surface area contributed by atoms with Crippen LogP contribution in [0.15, 0.2) is 59.6 Å². The number of anilines is 1. The van der Waals surface area contributed by atoms with Gasteiger partial charge in [0.05, 0.1) is 19.8 Å². The van der Waals surface area contributed by atoms with Crippen molar-refractivity contribution in [1.82, 2.24) is 0 Å². The molecule has 0 aliphatic carbocycles. The van der Waals surface area contributed by atoms with E-state index < -0.39 is 0 Å². The summed E-state index contributed by atoms with van der Waals surface area (Å²) in [6.45, 7) is 1.85. The molecule has 1 aliphatic heterocycles. The van der Waals surface area contributed by atoms with Crippen LogP contribution in [0.3, 0.4) is 0 Å². The minimum Gasteiger partial charge on any atom is -0.490 e. The standard InChI is InChI=1S/C19H21N3O2.HI/c20-19(21-11-4-8-15-6-2-1-3-7-15)22-16-9-10-17-18(14-16)24-13-5-12-23-17;/h1-4,6-10,14H,5,11-13H2,(H3,20,21,22);1H. The number of benzene rings is 2. The van der Waals surface area contributed by atoms with Gasteiger partial charge in [-0.05, 0) is 17.7 Å². The van der Waals surface area contributed by atoms with Crippen molar-refractivity contribution >= 4 is 41.7 Å². The molecule has 5 nitrogen and oxygen atoms in total. The van der Waals surface area contributed by atoms with Crippen LogP contribution in [0.4, 0.5) is 5.69 Å². The van der Waals surface area contributed by atoms with Crippen molar-refractivity contribution in [3.8, 4) is 11.5 Å². The molecule has 3 N–H and O–H groups in total. The first-order valence-corrected chi connectivity index (χ1v) is 7.99. The zero-order valence-corrected chi connectivity index (χ0v) is 16.2. The third-order valence-corrected chi connectivity index (χ3v) is 3.50. The lowest BCUT2D eigenvalue weighted by Crippen LogP contribution is -2.22. The number of guanidine groups is 1. The van der Waals surface area contributed by atoms with Crippen molar-refractivity contribution < 1.29 is 9.47 Å². The monoisotopic (exact) mass is 451 g/mol. The van der Waals surface area contributed by atoms with Gasteiger partial charge in [-0.15, -0.1) is 24.0 Å². The number of ether oxygens (including phenoxy) is 2. The van der Waals surface area contributed by atoms with E-state index in [-0.39, 0.29) is 24.0 Å². The van der Waals surface area contributed by atoms with E-state index in [2.05, 4.69) is 10.3 Å². The lowest BCUT2D eigenvalue weighted by Gasteiger charge is -2.10. The normalized spacial score (nSPS) is 13.8. The van der Waals surface area contributed by atoms with Gasteiger partial charge in [0.1, 0.15) is 0 Å². The summed E-state index contributed by atoms with van der Waals surface area (Å²) in [6, 6.07) is 15.7. The Kier molecular flexibility index (Phi) is 7.59. The van der Waals surface area contributed by atoms with E-state index in [1.165, 1.54) is 0 Å². The van der Waals surface area contributed by atoms with E-state index in [0.29, 0.717) is 25.7 Å². The molecular weight excluding hydrogens is 429 g/mol. The van der Waals surface area contributed by atoms with Crippen LogP contribution in [0.25, 0.3) is 6.08 Å². The largest absolute Gasteiger partial charge is 0.490 e. The average Bonchev–Trinajstić information content (AvgIpc) is 2.84. The first-order chi connectivity index (χ1) is 11.8. The van der Waals surface area contributed by atoms with Crippen LogP contribution in [0, 0.1) is 0 Å². The van der Waals surface area contributed by atoms with Crippen LogP contribution in [0.1, 0.15) is 12.0 Å². The summed E-state index contributed by atoms with van der Waals surface area (Å²) in [4.78, 5) is 4.29. The van der Waals surface area contributed by atoms with Crippen LogP contribution in [-0.4, -0.2) is 25.7 Å². The predicted molar refractivity (Wildman–Crippen MR) is 113 cm³/mol. The van der Waals surface area contributed by atoms with Crippen LogP contribution in [-0.2, 0) is 0 Å². The van der Waals surface area contributed by atoms with Crippen LogP contribution < -0.4 is 20.5 Å². The quantitative estimate of drug-likeness (QED) is 0.420. The predicted octanol–water partition coefficient (Wildman–Crippen LogP) is 3.91. The second kappa shape index (κ2) is 9.93. The Labute approximate surface area is 165 Å². The van der Waals surface area contributed by atoms with E-state index in [1.54, 1.807) is 0 Å². The molecular formula is C19H22IN3O2. The van der Waals surface area contributed by atoms with Gasteiger partial charge in [-0.1, -0.05) is 42.5 Å². The topological polar surface area (TPSA) is 68.9 Å². The van der Waals surface area contributed by atoms with Gasteiger partial charge in [-0.3, -0.25) is 0 Å². The molecule has 0 atom stereocenters. The molecule has 0 bridgehead atoms. The summed E-state index contributed by atoms with van der Waals surface area (Å²) in [5, 5.41) is 3.07. The summed E-state index contributed by atoms with van der Waals surface area (Å²) in [6.07, 6.45) is 4.87. The molecule has 0 saturated carbocycles. The molecule has 132 valence electrons. The number of rotatable bonds is 4. The van der Waals surface area contributed by atoms with Gasteiger partial charge in [0.25, 0.3) is 0 Å². The van der Waals surface area contributed by atoms with Gasteiger partial charge in [0, 0.05) is 18.2 Å². The first-order valence-electron chi connectivity index (χ1n) is 7.99. The molecule has 0 unspecified atom stereocenters. The molecule has 6 heteroatoms. The van der Waals surface area contributed by atoms with Crippen molar-refractivity contribution in [2.75, 3.05) is 25.1 Å². The zero-order valence-electron chi connectivity index (χ0n) is 13.9. The molecule has 2 aromatic carbocycles. The highest BCUT2D eigenvalue weighted by Gasteiger charge is 2.10. The Morgan fingerprint density at radius 1 is 1.08 bits per heavy atom. The summed E-state index contributed by atoms with van der Waals surface area (Å²) >= 11 is 0. The maximum Gasteiger partial charge on any atom is 0.193 e. The minimum absolute atomic E-state index is 0. The Balaban J connectivity index is 0.00000225. The first kappa shape index (κ1) is 19.1. The zero-order chi connectivity index (χ0) is 16.6. The van der Waals surface area contributed by atoms with Crippen molar-refractivity contribution in [2.45, 2.75) is 6.42 Å². The molecule has 0 saturated heterocycles. The van der Waals surface area contributed by atoms with Gasteiger partial charge < -0.3 is 20.5 Å². The molecule has 25 heavy (non-hydrogen) atoms. The molecule has 3 rings (SSSR count). The van der Waals surface area contributed by atoms with Gasteiger partial charge in [0.2, 0.25) is 0 Å². The number of nitrogens with two attached hydrogens (primary N) is 1. The van der Waals surface area contributed by atoms with E-state index in [9.17, 15) is 0 Å². The summed E-state index contributed by atoms with van der Waals surface area (Å²) < 4.78 is 11.3. The molecule has 1 heterocycles. The highest BCUT2D eigenvalue weighted by molar-refractivity contribution is 14.0. The summed E-state index contributed by atoms with van der Waals surface area (Å²) in [7, 11) is 0. The third kappa shape index (κ3) is 5.97. The van der Waals surface area contributed by atoms with Gasteiger partial charge in [-0.25, -0.2) is 4.99 Å². The average molecular weight is 451 g/mol.